The Kier molecular flexibility index (Phi) is 8.66. The molecule has 21 heavy (non-hydrogen) atoms. The van der Waals surface area contributed by atoms with Crippen LogP contribution in [0.3, 0.4) is 0 Å². The molecule has 0 spiro atoms. The van der Waals surface area contributed by atoms with Crippen LogP contribution < -0.4 is 10.6 Å². The molecule has 5 nitrogen and oxygen atoms in total. The minimum Gasteiger partial charge on any atom is -0.389 e. The molecule has 1 atom stereocenters. The Balaban J connectivity index is 2.01. The quantitative estimate of drug-likeness (QED) is 0.565. The van der Waals surface area contributed by atoms with Gasteiger partial charge in [0.15, 0.2) is 0 Å². The average Bonchev–Trinajstić information content (AvgIpc) is 2.44. The van der Waals surface area contributed by atoms with Gasteiger partial charge < -0.3 is 20.5 Å². The van der Waals surface area contributed by atoms with Gasteiger partial charge >= 0.3 is 0 Å². The molecule has 118 valence electrons. The number of benzene rings is 1. The number of rotatable bonds is 10. The number of hydrogen-bond donors (Lipinski definition) is 3. The van der Waals surface area contributed by atoms with Crippen molar-refractivity contribution < 1.29 is 14.6 Å². The molecule has 0 heterocycles. The van der Waals surface area contributed by atoms with Gasteiger partial charge in [-0.3, -0.25) is 4.79 Å². The summed E-state index contributed by atoms with van der Waals surface area (Å²) in [5.74, 6) is 0.0207. The van der Waals surface area contributed by atoms with E-state index in [2.05, 4.69) is 10.6 Å². The molecule has 5 heteroatoms. The van der Waals surface area contributed by atoms with Gasteiger partial charge in [-0.25, -0.2) is 0 Å². The van der Waals surface area contributed by atoms with E-state index >= 15 is 0 Å². The Morgan fingerprint density at radius 3 is 2.67 bits per heavy atom. The average molecular weight is 294 g/mol. The van der Waals surface area contributed by atoms with Crippen LogP contribution in [0.15, 0.2) is 30.3 Å². The molecule has 1 aromatic rings. The number of amides is 1. The third-order valence-electron chi connectivity index (χ3n) is 2.78. The number of nitrogens with one attached hydrogen (secondary N) is 2. The Morgan fingerprint density at radius 2 is 2.00 bits per heavy atom. The van der Waals surface area contributed by atoms with E-state index in [1.807, 2.05) is 44.2 Å². The van der Waals surface area contributed by atoms with Crippen molar-refractivity contribution in [3.63, 3.8) is 0 Å². The van der Waals surface area contributed by atoms with Crippen LogP contribution in [0.2, 0.25) is 0 Å². The molecular weight excluding hydrogens is 268 g/mol. The Morgan fingerprint density at radius 1 is 1.29 bits per heavy atom. The standard InChI is InChI=1S/C16H26N2O3/c1-13(2)18-16(20)8-9-17-10-15(19)12-21-11-14-6-4-3-5-7-14/h3-7,13,15,17,19H,8-12H2,1-2H3,(H,18,20). The molecule has 0 bridgehead atoms. The van der Waals surface area contributed by atoms with Gasteiger partial charge in [-0.2, -0.15) is 0 Å². The van der Waals surface area contributed by atoms with Gasteiger partial charge in [0.1, 0.15) is 0 Å². The minimum absolute atomic E-state index is 0.0207. The van der Waals surface area contributed by atoms with Crippen LogP contribution in [0, 0.1) is 0 Å². The fourth-order valence-corrected chi connectivity index (χ4v) is 1.81. The highest BCUT2D eigenvalue weighted by molar-refractivity contribution is 5.76. The molecular formula is C16H26N2O3. The second-order valence-electron chi connectivity index (χ2n) is 5.33. The number of ether oxygens (including phenoxy) is 1. The number of aliphatic hydroxyl groups is 1. The van der Waals surface area contributed by atoms with Crippen LogP contribution in [0.1, 0.15) is 25.8 Å². The largest absolute Gasteiger partial charge is 0.389 e. The summed E-state index contributed by atoms with van der Waals surface area (Å²) in [6.07, 6.45) is -0.155. The highest BCUT2D eigenvalue weighted by Gasteiger charge is 2.06. The van der Waals surface area contributed by atoms with Crippen molar-refractivity contribution in [2.45, 2.75) is 39.0 Å². The molecule has 1 unspecified atom stereocenters. The van der Waals surface area contributed by atoms with Gasteiger partial charge in [0.2, 0.25) is 5.91 Å². The first-order valence-corrected chi connectivity index (χ1v) is 7.37. The Bertz CT molecular complexity index is 396. The summed E-state index contributed by atoms with van der Waals surface area (Å²) in [6, 6.07) is 10.0. The molecule has 0 aromatic heterocycles. The first-order chi connectivity index (χ1) is 10.1. The van der Waals surface area contributed by atoms with Gasteiger partial charge in [-0.15, -0.1) is 0 Å². The first-order valence-electron chi connectivity index (χ1n) is 7.37. The van der Waals surface area contributed by atoms with E-state index < -0.39 is 6.10 Å². The van der Waals surface area contributed by atoms with Gasteiger partial charge in [0.25, 0.3) is 0 Å². The zero-order valence-corrected chi connectivity index (χ0v) is 12.8. The van der Waals surface area contributed by atoms with Crippen molar-refractivity contribution in [1.29, 1.82) is 0 Å². The molecule has 0 aliphatic heterocycles. The van der Waals surface area contributed by atoms with Crippen molar-refractivity contribution in [3.05, 3.63) is 35.9 Å². The van der Waals surface area contributed by atoms with Gasteiger partial charge in [-0.05, 0) is 19.4 Å². The SMILES string of the molecule is CC(C)NC(=O)CCNCC(O)COCc1ccccc1. The lowest BCUT2D eigenvalue weighted by Crippen LogP contribution is -2.35. The second-order valence-corrected chi connectivity index (χ2v) is 5.33. The molecule has 0 saturated carbocycles. The summed E-state index contributed by atoms with van der Waals surface area (Å²) in [5, 5.41) is 15.6. The predicted octanol–water partition coefficient (Wildman–Crippen LogP) is 1.07. The van der Waals surface area contributed by atoms with E-state index in [1.54, 1.807) is 0 Å². The van der Waals surface area contributed by atoms with Gasteiger partial charge in [-0.1, -0.05) is 30.3 Å². The molecule has 0 aliphatic rings. The van der Waals surface area contributed by atoms with Crippen LogP contribution in [0.4, 0.5) is 0 Å². The number of hydrogen-bond acceptors (Lipinski definition) is 4. The normalized spacial score (nSPS) is 12.4. The lowest BCUT2D eigenvalue weighted by molar-refractivity contribution is -0.121. The zero-order valence-electron chi connectivity index (χ0n) is 12.8. The molecule has 0 saturated heterocycles. The zero-order chi connectivity index (χ0) is 15.5. The van der Waals surface area contributed by atoms with Crippen LogP contribution in [-0.2, 0) is 16.1 Å². The number of carbonyl (C=O) groups is 1. The highest BCUT2D eigenvalue weighted by Crippen LogP contribution is 2.00. The van der Waals surface area contributed by atoms with E-state index in [9.17, 15) is 9.90 Å². The molecule has 0 radical (unpaired) electrons. The first kappa shape index (κ1) is 17.6. The van der Waals surface area contributed by atoms with E-state index in [4.69, 9.17) is 4.74 Å². The van der Waals surface area contributed by atoms with Crippen LogP contribution in [-0.4, -0.2) is 42.9 Å². The highest BCUT2D eigenvalue weighted by atomic mass is 16.5. The van der Waals surface area contributed by atoms with Gasteiger partial charge in [0, 0.05) is 25.6 Å². The van der Waals surface area contributed by atoms with Gasteiger partial charge in [0.05, 0.1) is 19.3 Å². The second kappa shape index (κ2) is 10.3. The number of carbonyl (C=O) groups excluding carboxylic acids is 1. The third-order valence-corrected chi connectivity index (χ3v) is 2.78. The lowest BCUT2D eigenvalue weighted by atomic mass is 10.2. The van der Waals surface area contributed by atoms with E-state index in [-0.39, 0.29) is 18.6 Å². The smallest absolute Gasteiger partial charge is 0.221 e. The fourth-order valence-electron chi connectivity index (χ4n) is 1.81. The summed E-state index contributed by atoms with van der Waals surface area (Å²) in [6.45, 7) is 5.60. The summed E-state index contributed by atoms with van der Waals surface area (Å²) in [4.78, 5) is 11.4. The summed E-state index contributed by atoms with van der Waals surface area (Å²) in [7, 11) is 0. The predicted molar refractivity (Wildman–Crippen MR) is 82.9 cm³/mol. The molecule has 1 amide bonds. The molecule has 0 fully saturated rings. The summed E-state index contributed by atoms with van der Waals surface area (Å²) < 4.78 is 5.44. The van der Waals surface area contributed by atoms with Crippen molar-refractivity contribution in [2.24, 2.45) is 0 Å². The molecule has 3 N–H and O–H groups in total. The van der Waals surface area contributed by atoms with Crippen LogP contribution in [0.25, 0.3) is 0 Å². The summed E-state index contributed by atoms with van der Waals surface area (Å²) >= 11 is 0. The van der Waals surface area contributed by atoms with Crippen LogP contribution >= 0.6 is 0 Å². The maximum absolute atomic E-state index is 11.4. The maximum Gasteiger partial charge on any atom is 0.221 e. The molecule has 1 rings (SSSR count). The van der Waals surface area contributed by atoms with Crippen LogP contribution in [0.5, 0.6) is 0 Å². The van der Waals surface area contributed by atoms with Crippen molar-refractivity contribution in [3.8, 4) is 0 Å². The van der Waals surface area contributed by atoms with Crippen molar-refractivity contribution in [2.75, 3.05) is 19.7 Å². The molecule has 0 aliphatic carbocycles. The van der Waals surface area contributed by atoms with E-state index in [0.717, 1.165) is 5.56 Å². The summed E-state index contributed by atoms with van der Waals surface area (Å²) in [5.41, 5.74) is 1.09. The Labute approximate surface area is 126 Å². The monoisotopic (exact) mass is 294 g/mol. The third kappa shape index (κ3) is 9.18. The van der Waals surface area contributed by atoms with E-state index in [1.165, 1.54) is 0 Å². The Hall–Kier alpha value is -1.43. The minimum atomic E-state index is -0.568. The van der Waals surface area contributed by atoms with Crippen molar-refractivity contribution in [1.82, 2.24) is 10.6 Å². The van der Waals surface area contributed by atoms with E-state index in [0.29, 0.717) is 26.1 Å². The topological polar surface area (TPSA) is 70.6 Å². The fraction of sp³-hybridized carbons (Fsp3) is 0.562. The number of aliphatic hydroxyl groups excluding tert-OH is 1. The maximum atomic E-state index is 11.4. The van der Waals surface area contributed by atoms with Crippen molar-refractivity contribution >= 4 is 5.91 Å². The molecule has 1 aromatic carbocycles. The lowest BCUT2D eigenvalue weighted by Gasteiger charge is -2.13.